The molecule has 16 heavy (non-hydrogen) atoms. The average molecular weight is 238 g/mol. The summed E-state index contributed by atoms with van der Waals surface area (Å²) >= 11 is 1.64. The molecule has 0 amide bonds. The maximum Gasteiger partial charge on any atom is 0.0867 e. The molecule has 0 heterocycles. The van der Waals surface area contributed by atoms with Crippen LogP contribution in [0.25, 0.3) is 0 Å². The fourth-order valence-electron chi connectivity index (χ4n) is 1.16. The maximum absolute atomic E-state index is 9.61. The van der Waals surface area contributed by atoms with E-state index in [9.17, 15) is 5.11 Å². The van der Waals surface area contributed by atoms with Crippen LogP contribution in [0.5, 0.6) is 0 Å². The lowest BCUT2D eigenvalue weighted by Gasteiger charge is -2.10. The summed E-state index contributed by atoms with van der Waals surface area (Å²) in [5.41, 5.74) is 1.25. The summed E-state index contributed by atoms with van der Waals surface area (Å²) < 4.78 is 5.17. The van der Waals surface area contributed by atoms with E-state index in [4.69, 9.17) is 4.74 Å². The summed E-state index contributed by atoms with van der Waals surface area (Å²) in [4.78, 5) is 1.17. The molecule has 1 N–H and O–H groups in total. The molecular formula is C13H18O2S. The zero-order chi connectivity index (χ0) is 11.8. The van der Waals surface area contributed by atoms with Crippen LogP contribution in [0.4, 0.5) is 0 Å². The van der Waals surface area contributed by atoms with E-state index in [1.807, 2.05) is 0 Å². The maximum atomic E-state index is 9.61. The van der Waals surface area contributed by atoms with Gasteiger partial charge in [-0.3, -0.25) is 0 Å². The van der Waals surface area contributed by atoms with Gasteiger partial charge in [0.05, 0.1) is 19.3 Å². The highest BCUT2D eigenvalue weighted by molar-refractivity contribution is 7.99. The first-order chi connectivity index (χ1) is 7.72. The molecule has 0 aliphatic heterocycles. The summed E-state index contributed by atoms with van der Waals surface area (Å²) in [5.74, 6) is 0.653. The third-order valence-corrected chi connectivity index (χ3v) is 3.17. The van der Waals surface area contributed by atoms with Crippen LogP contribution in [0.15, 0.2) is 41.8 Å². The van der Waals surface area contributed by atoms with E-state index in [1.165, 1.54) is 10.5 Å². The van der Waals surface area contributed by atoms with Crippen LogP contribution >= 0.6 is 11.8 Å². The van der Waals surface area contributed by atoms with Crippen LogP contribution in [-0.4, -0.2) is 30.2 Å². The predicted molar refractivity (Wildman–Crippen MR) is 68.9 cm³/mol. The fraction of sp³-hybridized carbons (Fsp3) is 0.385. The highest BCUT2D eigenvalue weighted by Gasteiger charge is 2.04. The van der Waals surface area contributed by atoms with Gasteiger partial charge in [0.2, 0.25) is 0 Å². The number of aliphatic hydroxyl groups excluding tert-OH is 1. The monoisotopic (exact) mass is 238 g/mol. The largest absolute Gasteiger partial charge is 0.390 e. The Bertz CT molecular complexity index is 308. The summed E-state index contributed by atoms with van der Waals surface area (Å²) in [7, 11) is 0. The van der Waals surface area contributed by atoms with Crippen LogP contribution in [0, 0.1) is 6.92 Å². The Balaban J connectivity index is 2.23. The number of benzene rings is 1. The van der Waals surface area contributed by atoms with E-state index in [0.717, 1.165) is 0 Å². The van der Waals surface area contributed by atoms with Gasteiger partial charge in [-0.2, -0.15) is 0 Å². The smallest absolute Gasteiger partial charge is 0.0867 e. The third-order valence-electron chi connectivity index (χ3n) is 2.01. The Kier molecular flexibility index (Phi) is 6.23. The van der Waals surface area contributed by atoms with Crippen molar-refractivity contribution in [3.8, 4) is 0 Å². The number of ether oxygens (including phenoxy) is 1. The molecule has 1 unspecified atom stereocenters. The lowest BCUT2D eigenvalue weighted by atomic mass is 10.2. The molecule has 2 nitrogen and oxygen atoms in total. The van der Waals surface area contributed by atoms with Crippen molar-refractivity contribution >= 4 is 11.8 Å². The van der Waals surface area contributed by atoms with E-state index in [1.54, 1.807) is 17.8 Å². The molecule has 0 saturated heterocycles. The molecule has 1 atom stereocenters. The topological polar surface area (TPSA) is 29.5 Å². The van der Waals surface area contributed by atoms with Crippen LogP contribution in [0.1, 0.15) is 5.56 Å². The Morgan fingerprint density at radius 1 is 1.44 bits per heavy atom. The Morgan fingerprint density at radius 2 is 2.12 bits per heavy atom. The molecule has 1 aromatic rings. The number of rotatable bonds is 7. The van der Waals surface area contributed by atoms with Crippen molar-refractivity contribution in [2.24, 2.45) is 0 Å². The highest BCUT2D eigenvalue weighted by Crippen LogP contribution is 2.19. The van der Waals surface area contributed by atoms with Gasteiger partial charge in [-0.05, 0) is 19.1 Å². The molecule has 88 valence electrons. The molecule has 0 bridgehead atoms. The quantitative estimate of drug-likeness (QED) is 0.450. The van der Waals surface area contributed by atoms with Gasteiger partial charge in [-0.25, -0.2) is 0 Å². The number of aryl methyl sites for hydroxylation is 1. The highest BCUT2D eigenvalue weighted by atomic mass is 32.2. The predicted octanol–water partition coefficient (Wildman–Crippen LogP) is 2.65. The lowest BCUT2D eigenvalue weighted by molar-refractivity contribution is 0.0625. The minimum Gasteiger partial charge on any atom is -0.390 e. The first-order valence-corrected chi connectivity index (χ1v) is 6.27. The molecule has 3 heteroatoms. The van der Waals surface area contributed by atoms with Crippen LogP contribution in [-0.2, 0) is 4.74 Å². The molecule has 0 spiro atoms. The van der Waals surface area contributed by atoms with Gasteiger partial charge < -0.3 is 9.84 Å². The van der Waals surface area contributed by atoms with Crippen molar-refractivity contribution in [2.75, 3.05) is 19.0 Å². The molecule has 1 rings (SSSR count). The van der Waals surface area contributed by atoms with Gasteiger partial charge >= 0.3 is 0 Å². The molecule has 0 radical (unpaired) electrons. The van der Waals surface area contributed by atoms with E-state index in [-0.39, 0.29) is 0 Å². The first kappa shape index (κ1) is 13.3. The summed E-state index contributed by atoms with van der Waals surface area (Å²) in [6.07, 6.45) is 1.26. The lowest BCUT2D eigenvalue weighted by Crippen LogP contribution is -2.17. The molecule has 0 fully saturated rings. The molecule has 0 aliphatic carbocycles. The van der Waals surface area contributed by atoms with Gasteiger partial charge in [0.15, 0.2) is 0 Å². The van der Waals surface area contributed by atoms with Gasteiger partial charge in [-0.15, -0.1) is 18.3 Å². The summed E-state index contributed by atoms with van der Waals surface area (Å²) in [6.45, 7) is 6.47. The second-order valence-electron chi connectivity index (χ2n) is 3.60. The molecule has 1 aromatic carbocycles. The number of thioether (sulfide) groups is 1. The number of hydrogen-bond donors (Lipinski definition) is 1. The zero-order valence-corrected chi connectivity index (χ0v) is 10.4. The molecule has 0 saturated carbocycles. The summed E-state index contributed by atoms with van der Waals surface area (Å²) in [6, 6.07) is 8.28. The van der Waals surface area contributed by atoms with E-state index in [0.29, 0.717) is 19.0 Å². The van der Waals surface area contributed by atoms with E-state index in [2.05, 4.69) is 37.8 Å². The van der Waals surface area contributed by atoms with Crippen molar-refractivity contribution in [1.82, 2.24) is 0 Å². The number of hydrogen-bond acceptors (Lipinski definition) is 3. The van der Waals surface area contributed by atoms with Crippen molar-refractivity contribution < 1.29 is 9.84 Å². The molecular weight excluding hydrogens is 220 g/mol. The van der Waals surface area contributed by atoms with Gasteiger partial charge in [0.25, 0.3) is 0 Å². The first-order valence-electron chi connectivity index (χ1n) is 5.28. The van der Waals surface area contributed by atoms with Gasteiger partial charge in [-0.1, -0.05) is 23.8 Å². The van der Waals surface area contributed by atoms with E-state index < -0.39 is 6.10 Å². The van der Waals surface area contributed by atoms with Crippen LogP contribution in [0.2, 0.25) is 0 Å². The van der Waals surface area contributed by atoms with Gasteiger partial charge in [0, 0.05) is 10.6 Å². The summed E-state index contributed by atoms with van der Waals surface area (Å²) in [5, 5.41) is 9.61. The Labute approximate surface area is 101 Å². The Hall–Kier alpha value is -0.770. The van der Waals surface area contributed by atoms with Crippen molar-refractivity contribution in [3.05, 3.63) is 42.5 Å². The van der Waals surface area contributed by atoms with Crippen LogP contribution in [0.3, 0.4) is 0 Å². The SMILES string of the molecule is C=CCOCC(O)CSc1ccc(C)cc1. The molecule has 0 aliphatic rings. The minimum absolute atomic E-state index is 0.366. The third kappa shape index (κ3) is 5.35. The second kappa shape index (κ2) is 7.49. The normalized spacial score (nSPS) is 12.4. The minimum atomic E-state index is -0.425. The number of aliphatic hydroxyl groups is 1. The fourth-order valence-corrected chi connectivity index (χ4v) is 1.97. The average Bonchev–Trinajstić information content (AvgIpc) is 2.29. The van der Waals surface area contributed by atoms with Crippen molar-refractivity contribution in [2.45, 2.75) is 17.9 Å². The second-order valence-corrected chi connectivity index (χ2v) is 4.70. The standard InChI is InChI=1S/C13H18O2S/c1-3-8-15-9-12(14)10-16-13-6-4-11(2)5-7-13/h3-7,12,14H,1,8-10H2,2H3. The zero-order valence-electron chi connectivity index (χ0n) is 9.56. The Morgan fingerprint density at radius 3 is 2.75 bits per heavy atom. The van der Waals surface area contributed by atoms with E-state index >= 15 is 0 Å². The molecule has 0 aromatic heterocycles. The van der Waals surface area contributed by atoms with Crippen LogP contribution < -0.4 is 0 Å². The van der Waals surface area contributed by atoms with Crippen molar-refractivity contribution in [3.63, 3.8) is 0 Å². The van der Waals surface area contributed by atoms with Crippen molar-refractivity contribution in [1.29, 1.82) is 0 Å². The van der Waals surface area contributed by atoms with Gasteiger partial charge in [0.1, 0.15) is 0 Å².